The van der Waals surface area contributed by atoms with Crippen molar-refractivity contribution in [3.8, 4) is 6.07 Å². The highest BCUT2D eigenvalue weighted by Gasteiger charge is 2.54. The first kappa shape index (κ1) is 22.7. The minimum absolute atomic E-state index is 0.0139. The van der Waals surface area contributed by atoms with Gasteiger partial charge in [-0.2, -0.15) is 5.26 Å². The summed E-state index contributed by atoms with van der Waals surface area (Å²) in [6.45, 7) is 10.2. The lowest BCUT2D eigenvalue weighted by Gasteiger charge is -2.45. The number of piperazine rings is 1. The molecule has 0 aliphatic carbocycles. The number of carbonyl (C=O) groups is 2. The predicted octanol–water partition coefficient (Wildman–Crippen LogP) is 3.35. The van der Waals surface area contributed by atoms with Crippen LogP contribution < -0.4 is 0 Å². The highest BCUT2D eigenvalue weighted by molar-refractivity contribution is 5.86. The zero-order chi connectivity index (χ0) is 23.2. The Hall–Kier alpha value is -2.46. The predicted molar refractivity (Wildman–Crippen MR) is 119 cm³/mol. The van der Waals surface area contributed by atoms with Gasteiger partial charge in [-0.3, -0.25) is 14.5 Å². The van der Waals surface area contributed by atoms with Crippen molar-refractivity contribution < 1.29 is 14.0 Å². The lowest BCUT2D eigenvalue weighted by Crippen LogP contribution is -2.55. The molecule has 6 nitrogen and oxygen atoms in total. The Balaban J connectivity index is 1.47. The molecule has 0 radical (unpaired) electrons. The minimum Gasteiger partial charge on any atom is -0.329 e. The van der Waals surface area contributed by atoms with Crippen LogP contribution in [0.4, 0.5) is 4.39 Å². The second kappa shape index (κ2) is 8.47. The topological polar surface area (TPSA) is 67.7 Å². The van der Waals surface area contributed by atoms with E-state index in [1.54, 1.807) is 17.0 Å². The van der Waals surface area contributed by atoms with E-state index in [-0.39, 0.29) is 53.1 Å². The molecule has 3 saturated heterocycles. The summed E-state index contributed by atoms with van der Waals surface area (Å²) < 4.78 is 13.5. The third kappa shape index (κ3) is 4.01. The molecule has 2 bridgehead atoms. The summed E-state index contributed by atoms with van der Waals surface area (Å²) in [5, 5.41) is 9.30. The van der Waals surface area contributed by atoms with Gasteiger partial charge in [0.05, 0.1) is 18.2 Å². The Labute approximate surface area is 190 Å². The number of likely N-dealkylation sites (tertiary alicyclic amines) is 3. The third-order valence-corrected chi connectivity index (χ3v) is 7.21. The molecule has 0 spiro atoms. The van der Waals surface area contributed by atoms with Crippen molar-refractivity contribution in [1.29, 1.82) is 5.26 Å². The van der Waals surface area contributed by atoms with E-state index in [1.807, 2.05) is 11.8 Å². The van der Waals surface area contributed by atoms with Gasteiger partial charge in [0.2, 0.25) is 11.8 Å². The largest absolute Gasteiger partial charge is 0.329 e. The number of carbonyl (C=O) groups excluding carboxylic acids is 2. The second-order valence-electron chi connectivity index (χ2n) is 10.6. The second-order valence-corrected chi connectivity index (χ2v) is 10.6. The van der Waals surface area contributed by atoms with E-state index in [1.165, 1.54) is 12.1 Å². The van der Waals surface area contributed by atoms with Gasteiger partial charge in [0, 0.05) is 31.6 Å². The van der Waals surface area contributed by atoms with Gasteiger partial charge in [-0.05, 0) is 42.4 Å². The van der Waals surface area contributed by atoms with Crippen LogP contribution in [0.25, 0.3) is 0 Å². The van der Waals surface area contributed by atoms with Crippen molar-refractivity contribution in [2.24, 2.45) is 11.3 Å². The van der Waals surface area contributed by atoms with Crippen molar-refractivity contribution in [3.05, 3.63) is 35.6 Å². The van der Waals surface area contributed by atoms with E-state index in [0.29, 0.717) is 13.1 Å². The van der Waals surface area contributed by atoms with Crippen LogP contribution >= 0.6 is 0 Å². The van der Waals surface area contributed by atoms with Gasteiger partial charge in [0.25, 0.3) is 0 Å². The molecule has 7 heteroatoms. The van der Waals surface area contributed by atoms with Crippen LogP contribution in [-0.4, -0.2) is 64.3 Å². The van der Waals surface area contributed by atoms with Crippen molar-refractivity contribution in [3.63, 3.8) is 0 Å². The first-order valence-corrected chi connectivity index (χ1v) is 11.6. The van der Waals surface area contributed by atoms with E-state index in [2.05, 4.69) is 31.7 Å². The minimum atomic E-state index is -0.319. The molecule has 5 atom stereocenters. The standard InChI is InChI=1S/C25H33FN4O2/c1-16(23(31)29-11-5-6-19(29)13-27)14-28-15-20-12-21(28)24(32)30(20)22(25(2,3)4)17-7-9-18(26)10-8-17/h7-10,16,19-22H,5-6,11-12,14-15H2,1-4H3/t16-,19-,20+,21+,22-/m0/s1. The average Bonchev–Trinajstić information content (AvgIpc) is 3.44. The van der Waals surface area contributed by atoms with Crippen LogP contribution in [0, 0.1) is 28.5 Å². The van der Waals surface area contributed by atoms with E-state index >= 15 is 0 Å². The summed E-state index contributed by atoms with van der Waals surface area (Å²) >= 11 is 0. The van der Waals surface area contributed by atoms with Crippen molar-refractivity contribution in [2.75, 3.05) is 19.6 Å². The zero-order valence-electron chi connectivity index (χ0n) is 19.4. The number of fused-ring (bicyclic) bond motifs is 2. The number of rotatable bonds is 5. The molecule has 2 amide bonds. The Morgan fingerprint density at radius 3 is 2.56 bits per heavy atom. The molecule has 1 aromatic rings. The SMILES string of the molecule is C[C@@H](CN1C[C@H]2C[C@@H]1C(=O)N2[C@@H](c1ccc(F)cc1)C(C)(C)C)C(=O)N1CCC[C@H]1C#N. The maximum Gasteiger partial charge on any atom is 0.240 e. The number of nitriles is 1. The van der Waals surface area contributed by atoms with Crippen LogP contribution in [0.15, 0.2) is 24.3 Å². The summed E-state index contributed by atoms with van der Waals surface area (Å²) in [7, 11) is 0. The lowest BCUT2D eigenvalue weighted by molar-refractivity contribution is -0.144. The monoisotopic (exact) mass is 440 g/mol. The maximum atomic E-state index is 13.5. The fraction of sp³-hybridized carbons (Fsp3) is 0.640. The molecule has 0 unspecified atom stereocenters. The summed E-state index contributed by atoms with van der Waals surface area (Å²) in [6, 6.07) is 8.13. The number of hydrogen-bond donors (Lipinski definition) is 0. The van der Waals surface area contributed by atoms with E-state index in [4.69, 9.17) is 0 Å². The fourth-order valence-electron chi connectivity index (χ4n) is 5.83. The van der Waals surface area contributed by atoms with Crippen LogP contribution in [0.3, 0.4) is 0 Å². The van der Waals surface area contributed by atoms with Gasteiger partial charge in [-0.25, -0.2) is 4.39 Å². The molecule has 3 heterocycles. The average molecular weight is 441 g/mol. The molecule has 3 aliphatic heterocycles. The molecule has 0 N–H and O–H groups in total. The molecule has 0 aromatic heterocycles. The van der Waals surface area contributed by atoms with Crippen molar-refractivity contribution in [1.82, 2.24) is 14.7 Å². The summed E-state index contributed by atoms with van der Waals surface area (Å²) in [6.07, 6.45) is 2.38. The number of benzene rings is 1. The van der Waals surface area contributed by atoms with E-state index < -0.39 is 0 Å². The number of halogens is 1. The third-order valence-electron chi connectivity index (χ3n) is 7.21. The summed E-state index contributed by atoms with van der Waals surface area (Å²) in [4.78, 5) is 32.3. The summed E-state index contributed by atoms with van der Waals surface area (Å²) in [5.74, 6) is -0.418. The molecular weight excluding hydrogens is 407 g/mol. The van der Waals surface area contributed by atoms with E-state index in [0.717, 1.165) is 31.4 Å². The highest BCUT2D eigenvalue weighted by Crippen LogP contribution is 2.45. The first-order valence-electron chi connectivity index (χ1n) is 11.6. The fourth-order valence-corrected chi connectivity index (χ4v) is 5.83. The summed E-state index contributed by atoms with van der Waals surface area (Å²) in [5.41, 5.74) is 0.750. The van der Waals surface area contributed by atoms with Crippen LogP contribution in [0.2, 0.25) is 0 Å². The zero-order valence-corrected chi connectivity index (χ0v) is 19.4. The van der Waals surface area contributed by atoms with Crippen molar-refractivity contribution >= 4 is 11.8 Å². The molecular formula is C25H33FN4O2. The molecule has 3 aliphatic rings. The molecule has 4 rings (SSSR count). The molecule has 0 saturated carbocycles. The highest BCUT2D eigenvalue weighted by atomic mass is 19.1. The number of hydrogen-bond acceptors (Lipinski definition) is 4. The van der Waals surface area contributed by atoms with Crippen molar-refractivity contribution in [2.45, 2.75) is 71.1 Å². The van der Waals surface area contributed by atoms with E-state index in [9.17, 15) is 19.2 Å². The molecule has 3 fully saturated rings. The Kier molecular flexibility index (Phi) is 6.02. The normalized spacial score (nSPS) is 27.6. The molecule has 32 heavy (non-hydrogen) atoms. The first-order chi connectivity index (χ1) is 15.1. The van der Waals surface area contributed by atoms with Crippen LogP contribution in [0.5, 0.6) is 0 Å². The quantitative estimate of drug-likeness (QED) is 0.704. The number of amides is 2. The molecule has 172 valence electrons. The number of nitrogens with zero attached hydrogens (tertiary/aromatic N) is 4. The van der Waals surface area contributed by atoms with Gasteiger partial charge < -0.3 is 9.80 Å². The van der Waals surface area contributed by atoms with Gasteiger partial charge in [-0.1, -0.05) is 39.8 Å². The Morgan fingerprint density at radius 1 is 1.28 bits per heavy atom. The molecule has 1 aromatic carbocycles. The van der Waals surface area contributed by atoms with Crippen LogP contribution in [-0.2, 0) is 9.59 Å². The Morgan fingerprint density at radius 2 is 1.97 bits per heavy atom. The smallest absolute Gasteiger partial charge is 0.240 e. The van der Waals surface area contributed by atoms with Gasteiger partial charge in [-0.15, -0.1) is 0 Å². The van der Waals surface area contributed by atoms with Crippen LogP contribution in [0.1, 0.15) is 58.6 Å². The lowest BCUT2D eigenvalue weighted by atomic mass is 9.80. The Bertz CT molecular complexity index is 919. The van der Waals surface area contributed by atoms with Gasteiger partial charge in [0.1, 0.15) is 11.9 Å². The van der Waals surface area contributed by atoms with Gasteiger partial charge >= 0.3 is 0 Å². The van der Waals surface area contributed by atoms with Gasteiger partial charge in [0.15, 0.2) is 0 Å². The maximum absolute atomic E-state index is 13.5.